The highest BCUT2D eigenvalue weighted by atomic mass is 32.2. The lowest BCUT2D eigenvalue weighted by molar-refractivity contribution is -0.132. The highest BCUT2D eigenvalue weighted by molar-refractivity contribution is 7.99. The van der Waals surface area contributed by atoms with E-state index < -0.39 is 17.4 Å². The van der Waals surface area contributed by atoms with Gasteiger partial charge in [-0.25, -0.2) is 17.9 Å². The lowest BCUT2D eigenvalue weighted by atomic mass is 9.86. The highest BCUT2D eigenvalue weighted by Crippen LogP contribution is 2.39. The number of hydrogen-bond donors (Lipinski definition) is 2. The number of nitrogens with one attached hydrogen (secondary N) is 1. The van der Waals surface area contributed by atoms with Crippen LogP contribution in [0.5, 0.6) is 0 Å². The average Bonchev–Trinajstić information content (AvgIpc) is 3.65. The maximum absolute atomic E-state index is 13.2. The van der Waals surface area contributed by atoms with Crippen molar-refractivity contribution in [3.8, 4) is 22.9 Å². The Morgan fingerprint density at radius 2 is 1.74 bits per heavy atom. The van der Waals surface area contributed by atoms with E-state index in [1.807, 2.05) is 17.8 Å². The Kier molecular flexibility index (Phi) is 9.13. The minimum Gasteiger partial charge on any atom is -0.390 e. The zero-order chi connectivity index (χ0) is 29.7. The summed E-state index contributed by atoms with van der Waals surface area (Å²) in [6, 6.07) is 16.5. The van der Waals surface area contributed by atoms with Gasteiger partial charge in [-0.3, -0.25) is 4.79 Å². The molecule has 11 heteroatoms. The molecule has 42 heavy (non-hydrogen) atoms. The third-order valence-corrected chi connectivity index (χ3v) is 8.92. The van der Waals surface area contributed by atoms with Gasteiger partial charge in [-0.1, -0.05) is 12.1 Å². The fraction of sp³-hybridized carbons (Fsp3) is 0.452. The van der Waals surface area contributed by atoms with E-state index in [4.69, 9.17) is 5.26 Å². The summed E-state index contributed by atoms with van der Waals surface area (Å²) in [4.78, 5) is 14.1. The number of thioether (sulfide) groups is 1. The van der Waals surface area contributed by atoms with Gasteiger partial charge in [-0.15, -0.1) is 0 Å². The van der Waals surface area contributed by atoms with Crippen LogP contribution in [-0.2, 0) is 11.4 Å². The highest BCUT2D eigenvalue weighted by Gasteiger charge is 2.47. The Morgan fingerprint density at radius 3 is 2.33 bits per heavy atom. The number of aromatic nitrogens is 2. The molecule has 1 amide bonds. The fourth-order valence-electron chi connectivity index (χ4n) is 5.37. The van der Waals surface area contributed by atoms with E-state index in [-0.39, 0.29) is 31.2 Å². The molecule has 1 aromatic heterocycles. The van der Waals surface area contributed by atoms with Crippen LogP contribution in [0.4, 0.5) is 18.9 Å². The SMILES string of the molecule is N#CC1(NC(=O)C2CCCC(F)(F)C2)CC1.OCc1c(-c2ccc(N3CCSCC3)cc2)cnn1-c1ccc(F)cc1. The molecule has 6 rings (SSSR count). The Labute approximate surface area is 247 Å². The fourth-order valence-corrected chi connectivity index (χ4v) is 6.27. The molecule has 2 N–H and O–H groups in total. The van der Waals surface area contributed by atoms with Crippen molar-refractivity contribution in [2.45, 2.75) is 56.6 Å². The van der Waals surface area contributed by atoms with E-state index in [0.29, 0.717) is 31.4 Å². The van der Waals surface area contributed by atoms with Gasteiger partial charge >= 0.3 is 0 Å². The number of aliphatic hydroxyl groups excluding tert-OH is 1. The standard InChI is InChI=1S/C20H20FN3OS.C11H14F2N2O/c21-16-3-7-18(8-4-16)24-20(14-25)19(13-22-24)15-1-5-17(6-2-15)23-9-11-26-12-10-23;12-11(13)3-1-2-8(6-11)9(16)15-10(7-14)4-5-10/h1-8,13,25H,9-12,14H2;8H,1-6H2,(H,15,16). The maximum atomic E-state index is 13.2. The Bertz CT molecular complexity index is 1410. The first-order chi connectivity index (χ1) is 20.2. The molecular weight excluding hydrogens is 563 g/mol. The minimum absolute atomic E-state index is 0.125. The van der Waals surface area contributed by atoms with Crippen molar-refractivity contribution >= 4 is 23.4 Å². The summed E-state index contributed by atoms with van der Waals surface area (Å²) in [6.45, 7) is 2.01. The minimum atomic E-state index is -2.72. The number of benzene rings is 2. The van der Waals surface area contributed by atoms with Gasteiger partial charge in [-0.05, 0) is 67.6 Å². The second kappa shape index (κ2) is 12.8. The van der Waals surface area contributed by atoms with Crippen LogP contribution < -0.4 is 10.2 Å². The number of nitriles is 1. The molecular formula is C31H34F3N5O2S. The number of nitrogens with zero attached hydrogens (tertiary/aromatic N) is 4. The molecule has 1 unspecified atom stereocenters. The molecule has 1 saturated heterocycles. The van der Waals surface area contributed by atoms with Gasteiger partial charge in [0.05, 0.1) is 30.3 Å². The first-order valence-electron chi connectivity index (χ1n) is 14.2. The molecule has 2 aliphatic carbocycles. The third-order valence-electron chi connectivity index (χ3n) is 7.98. The molecule has 0 bridgehead atoms. The normalized spacial score (nSPS) is 20.5. The smallest absolute Gasteiger partial charge is 0.248 e. The topological polar surface area (TPSA) is 94.2 Å². The van der Waals surface area contributed by atoms with Crippen molar-refractivity contribution in [2.75, 3.05) is 29.5 Å². The molecule has 0 radical (unpaired) electrons. The summed E-state index contributed by atoms with van der Waals surface area (Å²) in [5.41, 5.74) is 3.80. The predicted octanol–water partition coefficient (Wildman–Crippen LogP) is 5.71. The van der Waals surface area contributed by atoms with Crippen LogP contribution in [0.2, 0.25) is 0 Å². The first kappa shape index (κ1) is 30.0. The van der Waals surface area contributed by atoms with E-state index in [0.717, 1.165) is 29.9 Å². The zero-order valence-electron chi connectivity index (χ0n) is 23.2. The van der Waals surface area contributed by atoms with E-state index in [1.165, 1.54) is 29.3 Å². The van der Waals surface area contributed by atoms with Crippen molar-refractivity contribution in [2.24, 2.45) is 5.92 Å². The summed E-state index contributed by atoms with van der Waals surface area (Å²) < 4.78 is 41.0. The number of carbonyl (C=O) groups is 1. The number of alkyl halides is 2. The van der Waals surface area contributed by atoms with Crippen LogP contribution in [0, 0.1) is 23.1 Å². The lowest BCUT2D eigenvalue weighted by Gasteiger charge is -2.28. The largest absolute Gasteiger partial charge is 0.390 e. The Morgan fingerprint density at radius 1 is 1.07 bits per heavy atom. The van der Waals surface area contributed by atoms with Crippen LogP contribution in [-0.4, -0.2) is 56.9 Å². The van der Waals surface area contributed by atoms with Gasteiger partial charge in [0.25, 0.3) is 0 Å². The van der Waals surface area contributed by atoms with Gasteiger partial charge in [0, 0.05) is 54.6 Å². The summed E-state index contributed by atoms with van der Waals surface area (Å²) >= 11 is 2.00. The number of halogens is 3. The first-order valence-corrected chi connectivity index (χ1v) is 15.4. The zero-order valence-corrected chi connectivity index (χ0v) is 24.1. The summed E-state index contributed by atoms with van der Waals surface area (Å²) in [5, 5.41) is 25.7. The van der Waals surface area contributed by atoms with E-state index in [1.54, 1.807) is 23.0 Å². The summed E-state index contributed by atoms with van der Waals surface area (Å²) in [7, 11) is 0. The van der Waals surface area contributed by atoms with E-state index >= 15 is 0 Å². The van der Waals surface area contributed by atoms with Crippen LogP contribution in [0.25, 0.3) is 16.8 Å². The number of amides is 1. The van der Waals surface area contributed by atoms with Crippen LogP contribution >= 0.6 is 11.8 Å². The van der Waals surface area contributed by atoms with Crippen LogP contribution in [0.1, 0.15) is 44.2 Å². The Balaban J connectivity index is 0.000000189. The molecule has 7 nitrogen and oxygen atoms in total. The number of rotatable bonds is 6. The number of hydrogen-bond acceptors (Lipinski definition) is 6. The van der Waals surface area contributed by atoms with Crippen molar-refractivity contribution < 1.29 is 23.1 Å². The van der Waals surface area contributed by atoms with E-state index in [2.05, 4.69) is 39.6 Å². The maximum Gasteiger partial charge on any atom is 0.248 e. The van der Waals surface area contributed by atoms with Gasteiger partial charge in [-0.2, -0.15) is 22.1 Å². The third kappa shape index (κ3) is 7.10. The van der Waals surface area contributed by atoms with Gasteiger partial charge < -0.3 is 15.3 Å². The quantitative estimate of drug-likeness (QED) is 0.378. The number of anilines is 1. The van der Waals surface area contributed by atoms with Crippen molar-refractivity contribution in [3.63, 3.8) is 0 Å². The number of carbonyl (C=O) groups excluding carboxylic acids is 1. The number of aliphatic hydroxyl groups is 1. The lowest BCUT2D eigenvalue weighted by Crippen LogP contribution is -2.43. The molecule has 3 fully saturated rings. The van der Waals surface area contributed by atoms with Gasteiger partial charge in [0.2, 0.25) is 11.8 Å². The molecule has 3 aromatic rings. The molecule has 3 aliphatic rings. The van der Waals surface area contributed by atoms with E-state index in [9.17, 15) is 23.1 Å². The molecule has 2 heterocycles. The van der Waals surface area contributed by atoms with Crippen LogP contribution in [0.3, 0.4) is 0 Å². The molecule has 222 valence electrons. The summed E-state index contributed by atoms with van der Waals surface area (Å²) in [5.74, 6) is -1.68. The summed E-state index contributed by atoms with van der Waals surface area (Å²) in [6.07, 6.45) is 3.41. The predicted molar refractivity (Wildman–Crippen MR) is 157 cm³/mol. The van der Waals surface area contributed by atoms with Gasteiger partial charge in [0.15, 0.2) is 0 Å². The average molecular weight is 598 g/mol. The van der Waals surface area contributed by atoms with Crippen molar-refractivity contribution in [3.05, 3.63) is 66.2 Å². The van der Waals surface area contributed by atoms with Crippen LogP contribution in [0.15, 0.2) is 54.7 Å². The molecule has 2 aromatic carbocycles. The molecule has 2 saturated carbocycles. The second-order valence-electron chi connectivity index (χ2n) is 11.0. The van der Waals surface area contributed by atoms with Crippen molar-refractivity contribution in [1.82, 2.24) is 15.1 Å². The second-order valence-corrected chi connectivity index (χ2v) is 12.3. The van der Waals surface area contributed by atoms with Gasteiger partial charge in [0.1, 0.15) is 11.4 Å². The monoisotopic (exact) mass is 597 g/mol. The van der Waals surface area contributed by atoms with Crippen molar-refractivity contribution in [1.29, 1.82) is 5.26 Å². The molecule has 0 spiro atoms. The molecule has 1 aliphatic heterocycles. The molecule has 1 atom stereocenters. The Hall–Kier alpha value is -3.49.